The molecule has 8 heteroatoms. The fraction of sp³-hybridized carbons (Fsp3) is 0.200. The van der Waals surface area contributed by atoms with Crippen molar-refractivity contribution in [2.45, 2.75) is 6.54 Å². The van der Waals surface area contributed by atoms with Gasteiger partial charge < -0.3 is 4.74 Å². The number of anilines is 1. The summed E-state index contributed by atoms with van der Waals surface area (Å²) in [5.74, 6) is -1.56. The Morgan fingerprint density at radius 2 is 2.09 bits per heavy atom. The van der Waals surface area contributed by atoms with Gasteiger partial charge in [0, 0.05) is 6.20 Å². The Kier molecular flexibility index (Phi) is 4.95. The number of rotatable bonds is 5. The number of benzene rings is 1. The van der Waals surface area contributed by atoms with Crippen molar-refractivity contribution < 1.29 is 22.3 Å². The van der Waals surface area contributed by atoms with Crippen LogP contribution in [0.5, 0.6) is 0 Å². The fourth-order valence-corrected chi connectivity index (χ4v) is 2.87. The molecule has 0 fully saturated rings. The molecular formula is C15H15FN2O4S. The molecule has 0 spiro atoms. The second-order valence-corrected chi connectivity index (χ2v) is 6.69. The first kappa shape index (κ1) is 16.9. The van der Waals surface area contributed by atoms with E-state index >= 15 is 0 Å². The van der Waals surface area contributed by atoms with Gasteiger partial charge in [0.2, 0.25) is 10.0 Å². The van der Waals surface area contributed by atoms with E-state index in [0.717, 1.165) is 23.7 Å². The molecule has 23 heavy (non-hydrogen) atoms. The topological polar surface area (TPSA) is 76.6 Å². The van der Waals surface area contributed by atoms with Crippen LogP contribution in [0.3, 0.4) is 0 Å². The molecule has 1 heterocycles. The number of pyridine rings is 1. The molecule has 0 unspecified atom stereocenters. The Morgan fingerprint density at radius 3 is 2.61 bits per heavy atom. The van der Waals surface area contributed by atoms with Crippen molar-refractivity contribution >= 4 is 21.7 Å². The molecule has 0 N–H and O–H groups in total. The third-order valence-corrected chi connectivity index (χ3v) is 4.24. The lowest BCUT2D eigenvalue weighted by Gasteiger charge is -2.22. The molecule has 0 saturated heterocycles. The zero-order valence-electron chi connectivity index (χ0n) is 12.6. The molecule has 2 rings (SSSR count). The molecule has 0 aliphatic carbocycles. The first-order valence-corrected chi connectivity index (χ1v) is 8.42. The van der Waals surface area contributed by atoms with E-state index in [1.54, 1.807) is 12.1 Å². The first-order chi connectivity index (χ1) is 10.8. The number of halogens is 1. The number of methoxy groups -OCH3 is 1. The van der Waals surface area contributed by atoms with Crippen molar-refractivity contribution in [1.82, 2.24) is 4.98 Å². The molecule has 0 aliphatic rings. The lowest BCUT2D eigenvalue weighted by Crippen LogP contribution is -2.29. The predicted molar refractivity (Wildman–Crippen MR) is 83.0 cm³/mol. The summed E-state index contributed by atoms with van der Waals surface area (Å²) < 4.78 is 43.5. The van der Waals surface area contributed by atoms with Gasteiger partial charge in [0.25, 0.3) is 0 Å². The number of hydrogen-bond donors (Lipinski definition) is 0. The van der Waals surface area contributed by atoms with Crippen molar-refractivity contribution in [2.24, 2.45) is 0 Å². The number of sulfonamides is 1. The average molecular weight is 338 g/mol. The predicted octanol–water partition coefficient (Wildman–Crippen LogP) is 1.97. The molecule has 0 aliphatic heterocycles. The highest BCUT2D eigenvalue weighted by atomic mass is 32.2. The summed E-state index contributed by atoms with van der Waals surface area (Å²) in [6.07, 6.45) is 3.98. The summed E-state index contributed by atoms with van der Waals surface area (Å²) in [6.45, 7) is -0.0805. The molecule has 0 amide bonds. The van der Waals surface area contributed by atoms with E-state index in [-0.39, 0.29) is 12.1 Å². The minimum Gasteiger partial charge on any atom is -0.465 e. The SMILES string of the molecule is COC(=O)c1ccc(CN(c2cccnc2)S(C)(=O)=O)cc1F. The van der Waals surface area contributed by atoms with Gasteiger partial charge in [-0.25, -0.2) is 17.6 Å². The second kappa shape index (κ2) is 6.74. The van der Waals surface area contributed by atoms with Crippen LogP contribution in [0.25, 0.3) is 0 Å². The van der Waals surface area contributed by atoms with E-state index in [1.807, 2.05) is 0 Å². The maximum atomic E-state index is 14.0. The van der Waals surface area contributed by atoms with Gasteiger partial charge in [0.15, 0.2) is 0 Å². The van der Waals surface area contributed by atoms with Crippen LogP contribution >= 0.6 is 0 Å². The smallest absolute Gasteiger partial charge is 0.340 e. The molecule has 0 saturated carbocycles. The van der Waals surface area contributed by atoms with Crippen LogP contribution in [-0.2, 0) is 21.3 Å². The number of hydrogen-bond acceptors (Lipinski definition) is 5. The van der Waals surface area contributed by atoms with E-state index in [4.69, 9.17) is 0 Å². The Balaban J connectivity index is 2.35. The van der Waals surface area contributed by atoms with Gasteiger partial charge in [-0.2, -0.15) is 0 Å². The Bertz CT molecular complexity index is 809. The molecule has 1 aromatic heterocycles. The molecule has 6 nitrogen and oxygen atoms in total. The zero-order valence-corrected chi connectivity index (χ0v) is 13.4. The average Bonchev–Trinajstić information content (AvgIpc) is 2.51. The number of esters is 1. The number of nitrogens with zero attached hydrogens (tertiary/aromatic N) is 2. The Labute approximate surface area is 133 Å². The van der Waals surface area contributed by atoms with Crippen LogP contribution in [0.15, 0.2) is 42.7 Å². The summed E-state index contributed by atoms with van der Waals surface area (Å²) >= 11 is 0. The number of carbonyl (C=O) groups excluding carboxylic acids is 1. The third kappa shape index (κ3) is 4.04. The number of aromatic nitrogens is 1. The number of carbonyl (C=O) groups is 1. The summed E-state index contributed by atoms with van der Waals surface area (Å²) in [5, 5.41) is 0. The van der Waals surface area contributed by atoms with Crippen LogP contribution in [0.1, 0.15) is 15.9 Å². The quantitative estimate of drug-likeness (QED) is 0.779. The van der Waals surface area contributed by atoms with E-state index in [1.165, 1.54) is 24.5 Å². The normalized spacial score (nSPS) is 11.1. The summed E-state index contributed by atoms with van der Waals surface area (Å²) in [6, 6.07) is 7.05. The van der Waals surface area contributed by atoms with Crippen LogP contribution < -0.4 is 4.31 Å². The largest absolute Gasteiger partial charge is 0.465 e. The Morgan fingerprint density at radius 1 is 1.35 bits per heavy atom. The number of ether oxygens (including phenoxy) is 1. The van der Waals surface area contributed by atoms with Crippen molar-refractivity contribution in [3.63, 3.8) is 0 Å². The van der Waals surface area contributed by atoms with Crippen molar-refractivity contribution in [3.05, 3.63) is 59.7 Å². The van der Waals surface area contributed by atoms with Crippen molar-refractivity contribution in [1.29, 1.82) is 0 Å². The van der Waals surface area contributed by atoms with Crippen LogP contribution in [-0.4, -0.2) is 32.7 Å². The molecule has 2 aromatic rings. The fourth-order valence-electron chi connectivity index (χ4n) is 2.00. The molecule has 0 atom stereocenters. The van der Waals surface area contributed by atoms with Gasteiger partial charge in [-0.05, 0) is 29.8 Å². The summed E-state index contributed by atoms with van der Waals surface area (Å²) in [7, 11) is -2.42. The van der Waals surface area contributed by atoms with Crippen LogP contribution in [0.4, 0.5) is 10.1 Å². The molecular weight excluding hydrogens is 323 g/mol. The zero-order chi connectivity index (χ0) is 17.0. The van der Waals surface area contributed by atoms with Gasteiger partial charge in [-0.15, -0.1) is 0 Å². The van der Waals surface area contributed by atoms with Gasteiger partial charge >= 0.3 is 5.97 Å². The first-order valence-electron chi connectivity index (χ1n) is 6.57. The van der Waals surface area contributed by atoms with E-state index < -0.39 is 21.8 Å². The van der Waals surface area contributed by atoms with E-state index in [0.29, 0.717) is 11.3 Å². The maximum Gasteiger partial charge on any atom is 0.340 e. The maximum absolute atomic E-state index is 14.0. The highest BCUT2D eigenvalue weighted by Crippen LogP contribution is 2.20. The molecule has 1 aromatic carbocycles. The highest BCUT2D eigenvalue weighted by molar-refractivity contribution is 7.92. The third-order valence-electron chi connectivity index (χ3n) is 3.10. The van der Waals surface area contributed by atoms with Crippen LogP contribution in [0.2, 0.25) is 0 Å². The minimum absolute atomic E-state index is 0.0805. The second-order valence-electron chi connectivity index (χ2n) is 4.79. The van der Waals surface area contributed by atoms with Gasteiger partial charge in [0.1, 0.15) is 5.82 Å². The van der Waals surface area contributed by atoms with E-state index in [2.05, 4.69) is 9.72 Å². The van der Waals surface area contributed by atoms with E-state index in [9.17, 15) is 17.6 Å². The minimum atomic E-state index is -3.58. The van der Waals surface area contributed by atoms with Gasteiger partial charge in [-0.3, -0.25) is 9.29 Å². The van der Waals surface area contributed by atoms with Gasteiger partial charge in [0.05, 0.1) is 37.4 Å². The lowest BCUT2D eigenvalue weighted by atomic mass is 10.1. The van der Waals surface area contributed by atoms with Crippen molar-refractivity contribution in [2.75, 3.05) is 17.7 Å². The molecule has 122 valence electrons. The molecule has 0 bridgehead atoms. The standard InChI is InChI=1S/C15H15FN2O4S/c1-22-15(19)13-6-5-11(8-14(13)16)10-18(23(2,20)21)12-4-3-7-17-9-12/h3-9H,10H2,1-2H3. The lowest BCUT2D eigenvalue weighted by molar-refractivity contribution is 0.0595. The summed E-state index contributed by atoms with van der Waals surface area (Å²) in [5.41, 5.74) is 0.556. The van der Waals surface area contributed by atoms with Crippen molar-refractivity contribution in [3.8, 4) is 0 Å². The Hall–Kier alpha value is -2.48. The molecule has 0 radical (unpaired) electrons. The monoisotopic (exact) mass is 338 g/mol. The van der Waals surface area contributed by atoms with Gasteiger partial charge in [-0.1, -0.05) is 6.07 Å². The summed E-state index contributed by atoms with van der Waals surface area (Å²) in [4.78, 5) is 15.3. The highest BCUT2D eigenvalue weighted by Gasteiger charge is 2.19. The van der Waals surface area contributed by atoms with Crippen LogP contribution in [0, 0.1) is 5.82 Å².